The number of hydrogen-bond donors (Lipinski definition) is 1. The lowest BCUT2D eigenvalue weighted by molar-refractivity contribution is -0.136. The molecule has 1 aliphatic heterocycles. The van der Waals surface area contributed by atoms with Crippen molar-refractivity contribution in [2.24, 2.45) is 0 Å². The van der Waals surface area contributed by atoms with Gasteiger partial charge in [0.2, 0.25) is 5.91 Å². The fourth-order valence-electron chi connectivity index (χ4n) is 5.12. The van der Waals surface area contributed by atoms with Crippen LogP contribution in [0, 0.1) is 0 Å². The number of hydrogen-bond acceptors (Lipinski definition) is 4. The first-order valence-corrected chi connectivity index (χ1v) is 11.9. The van der Waals surface area contributed by atoms with Gasteiger partial charge in [0.25, 0.3) is 0 Å². The second kappa shape index (κ2) is 9.72. The molecule has 1 atom stereocenters. The second-order valence-corrected chi connectivity index (χ2v) is 9.53. The van der Waals surface area contributed by atoms with E-state index in [4.69, 9.17) is 21.1 Å². The van der Waals surface area contributed by atoms with Crippen LogP contribution in [0.2, 0.25) is 5.02 Å². The number of halogens is 1. The lowest BCUT2D eigenvalue weighted by atomic mass is 9.82. The van der Waals surface area contributed by atoms with Gasteiger partial charge in [0, 0.05) is 17.1 Å². The van der Waals surface area contributed by atoms with Crippen molar-refractivity contribution in [1.82, 2.24) is 10.2 Å². The minimum Gasteiger partial charge on any atom is -0.493 e. The number of carbonyl (C=O) groups is 1. The number of benzene rings is 2. The molecule has 0 saturated heterocycles. The number of carbonyl (C=O) groups excluding carboxylic acids is 1. The molecule has 32 heavy (non-hydrogen) atoms. The van der Waals surface area contributed by atoms with Crippen molar-refractivity contribution < 1.29 is 14.3 Å². The van der Waals surface area contributed by atoms with Crippen LogP contribution in [0.25, 0.3) is 0 Å². The lowest BCUT2D eigenvalue weighted by Gasteiger charge is -2.45. The van der Waals surface area contributed by atoms with Gasteiger partial charge in [0.05, 0.1) is 25.7 Å². The number of amides is 1. The van der Waals surface area contributed by atoms with E-state index < -0.39 is 0 Å². The minimum absolute atomic E-state index is 0.0223. The lowest BCUT2D eigenvalue weighted by Crippen LogP contribution is -2.49. The van der Waals surface area contributed by atoms with Gasteiger partial charge in [0.1, 0.15) is 0 Å². The van der Waals surface area contributed by atoms with E-state index in [-0.39, 0.29) is 24.1 Å². The molecule has 2 aromatic rings. The van der Waals surface area contributed by atoms with Crippen molar-refractivity contribution in [2.45, 2.75) is 70.2 Å². The van der Waals surface area contributed by atoms with Crippen LogP contribution >= 0.6 is 11.6 Å². The number of rotatable bonds is 6. The van der Waals surface area contributed by atoms with E-state index in [1.807, 2.05) is 51.2 Å². The Bertz CT molecular complexity index is 952. The Morgan fingerprint density at radius 3 is 2.34 bits per heavy atom. The molecule has 6 heteroatoms. The highest BCUT2D eigenvalue weighted by molar-refractivity contribution is 6.30. The second-order valence-electron chi connectivity index (χ2n) is 9.09. The summed E-state index contributed by atoms with van der Waals surface area (Å²) in [5.74, 6) is 1.56. The molecule has 1 fully saturated rings. The first-order valence-electron chi connectivity index (χ1n) is 11.5. The van der Waals surface area contributed by atoms with Crippen molar-refractivity contribution in [3.63, 3.8) is 0 Å². The van der Waals surface area contributed by atoms with Crippen molar-refractivity contribution in [1.29, 1.82) is 0 Å². The largest absolute Gasteiger partial charge is 0.493 e. The molecule has 1 N–H and O–H groups in total. The zero-order valence-electron chi connectivity index (χ0n) is 19.4. The average molecular weight is 457 g/mol. The highest BCUT2D eigenvalue weighted by atomic mass is 35.5. The smallest absolute Gasteiger partial charge is 0.228 e. The monoisotopic (exact) mass is 456 g/mol. The Morgan fingerprint density at radius 1 is 1.06 bits per heavy atom. The molecular formula is C26H33ClN2O3. The number of ether oxygens (including phenoxy) is 2. The quantitative estimate of drug-likeness (QED) is 0.653. The maximum Gasteiger partial charge on any atom is 0.228 e. The van der Waals surface area contributed by atoms with Crippen LogP contribution in [0.4, 0.5) is 0 Å². The number of nitrogens with zero attached hydrogens (tertiary/aromatic N) is 1. The van der Waals surface area contributed by atoms with E-state index in [2.05, 4.69) is 16.3 Å². The predicted octanol–water partition coefficient (Wildman–Crippen LogP) is 5.14. The van der Waals surface area contributed by atoms with Crippen LogP contribution in [0.1, 0.15) is 62.3 Å². The molecule has 5 nitrogen and oxygen atoms in total. The molecule has 0 bridgehead atoms. The van der Waals surface area contributed by atoms with Crippen LogP contribution in [-0.4, -0.2) is 43.2 Å². The molecule has 1 aliphatic carbocycles. The average Bonchev–Trinajstić information content (AvgIpc) is 2.78. The minimum atomic E-state index is -0.167. The molecule has 2 aliphatic rings. The maximum absolute atomic E-state index is 13.5. The molecule has 2 aromatic carbocycles. The van der Waals surface area contributed by atoms with Crippen molar-refractivity contribution in [3.8, 4) is 11.5 Å². The van der Waals surface area contributed by atoms with Gasteiger partial charge in [-0.15, -0.1) is 0 Å². The number of methoxy groups -OCH3 is 1. The summed E-state index contributed by atoms with van der Waals surface area (Å²) in [5.41, 5.74) is 3.18. The molecule has 1 unspecified atom stereocenters. The van der Waals surface area contributed by atoms with E-state index in [1.54, 1.807) is 7.11 Å². The molecule has 1 heterocycles. The first kappa shape index (κ1) is 22.9. The van der Waals surface area contributed by atoms with Crippen molar-refractivity contribution in [3.05, 3.63) is 58.1 Å². The molecule has 0 aromatic heterocycles. The van der Waals surface area contributed by atoms with Crippen LogP contribution < -0.4 is 14.8 Å². The molecule has 0 spiro atoms. The Labute approximate surface area is 196 Å². The first-order chi connectivity index (χ1) is 15.4. The van der Waals surface area contributed by atoms with Gasteiger partial charge in [0.15, 0.2) is 11.5 Å². The van der Waals surface area contributed by atoms with E-state index in [0.717, 1.165) is 42.4 Å². The Kier molecular flexibility index (Phi) is 6.96. The molecule has 1 amide bonds. The van der Waals surface area contributed by atoms with Crippen LogP contribution in [0.5, 0.6) is 11.5 Å². The van der Waals surface area contributed by atoms with Gasteiger partial charge < -0.3 is 19.7 Å². The fraction of sp³-hybridized carbons (Fsp3) is 0.500. The third-order valence-electron chi connectivity index (χ3n) is 6.67. The van der Waals surface area contributed by atoms with E-state index >= 15 is 0 Å². The summed E-state index contributed by atoms with van der Waals surface area (Å²) in [4.78, 5) is 15.7. The van der Waals surface area contributed by atoms with E-state index in [1.165, 1.54) is 0 Å². The van der Waals surface area contributed by atoms with Gasteiger partial charge in [-0.1, -0.05) is 23.7 Å². The topological polar surface area (TPSA) is 50.8 Å². The zero-order valence-corrected chi connectivity index (χ0v) is 20.1. The fourth-order valence-corrected chi connectivity index (χ4v) is 5.25. The summed E-state index contributed by atoms with van der Waals surface area (Å²) in [6.07, 6.45) is 4.56. The Hall–Kier alpha value is -2.24. The van der Waals surface area contributed by atoms with Gasteiger partial charge in [-0.05, 0) is 87.5 Å². The molecule has 1 saturated carbocycles. The SMILES string of the molecule is CNC1CCC(N2C(=O)Cc3cc(OC)c(OC(C)C)cc3C2c2ccc(Cl)cc2)CC1. The summed E-state index contributed by atoms with van der Waals surface area (Å²) in [5, 5.41) is 4.08. The summed E-state index contributed by atoms with van der Waals surface area (Å²) < 4.78 is 11.7. The van der Waals surface area contributed by atoms with Gasteiger partial charge >= 0.3 is 0 Å². The third-order valence-corrected chi connectivity index (χ3v) is 6.93. The van der Waals surface area contributed by atoms with Gasteiger partial charge in [-0.3, -0.25) is 4.79 Å². The third kappa shape index (κ3) is 4.60. The maximum atomic E-state index is 13.5. The standard InChI is InChI=1S/C26H33ClN2O3/c1-16(2)32-24-15-22-18(13-23(24)31-4)14-25(30)29(21-11-9-20(28-3)10-12-21)26(22)17-5-7-19(27)8-6-17/h5-8,13,15-16,20-21,26,28H,9-12,14H2,1-4H3. The summed E-state index contributed by atoms with van der Waals surface area (Å²) in [6, 6.07) is 12.5. The van der Waals surface area contributed by atoms with Crippen LogP contribution in [-0.2, 0) is 11.2 Å². The summed E-state index contributed by atoms with van der Waals surface area (Å²) in [6.45, 7) is 4.01. The van der Waals surface area contributed by atoms with Crippen LogP contribution in [0.15, 0.2) is 36.4 Å². The van der Waals surface area contributed by atoms with E-state index in [9.17, 15) is 4.79 Å². The molecule has 0 radical (unpaired) electrons. The summed E-state index contributed by atoms with van der Waals surface area (Å²) in [7, 11) is 3.66. The molecule has 172 valence electrons. The van der Waals surface area contributed by atoms with Gasteiger partial charge in [-0.2, -0.15) is 0 Å². The van der Waals surface area contributed by atoms with Crippen molar-refractivity contribution in [2.75, 3.05) is 14.2 Å². The van der Waals surface area contributed by atoms with Gasteiger partial charge in [-0.25, -0.2) is 0 Å². The number of fused-ring (bicyclic) bond motifs is 1. The normalized spacial score (nSPS) is 23.2. The zero-order chi connectivity index (χ0) is 22.8. The highest BCUT2D eigenvalue weighted by Gasteiger charge is 2.40. The predicted molar refractivity (Wildman–Crippen MR) is 128 cm³/mol. The molecular weight excluding hydrogens is 424 g/mol. The van der Waals surface area contributed by atoms with Crippen LogP contribution in [0.3, 0.4) is 0 Å². The Balaban J connectivity index is 1.80. The molecule has 4 rings (SSSR count). The summed E-state index contributed by atoms with van der Waals surface area (Å²) >= 11 is 6.19. The number of nitrogens with one attached hydrogen (secondary N) is 1. The van der Waals surface area contributed by atoms with E-state index in [0.29, 0.717) is 29.0 Å². The Morgan fingerprint density at radius 2 is 1.75 bits per heavy atom. The highest BCUT2D eigenvalue weighted by Crippen LogP contribution is 2.44. The van der Waals surface area contributed by atoms with Crippen molar-refractivity contribution >= 4 is 17.5 Å².